The number of ether oxygens (including phenoxy) is 1. The van der Waals surface area contributed by atoms with Crippen LogP contribution in [0, 0.1) is 17.2 Å². The molecule has 1 aliphatic carbocycles. The van der Waals surface area contributed by atoms with E-state index >= 15 is 0 Å². The molecule has 152 valence electrons. The number of nitrogens with one attached hydrogen (secondary N) is 1. The quantitative estimate of drug-likeness (QED) is 0.863. The van der Waals surface area contributed by atoms with Crippen LogP contribution in [-0.4, -0.2) is 49.1 Å². The summed E-state index contributed by atoms with van der Waals surface area (Å²) < 4.78 is 18.7. The van der Waals surface area contributed by atoms with E-state index in [0.29, 0.717) is 26.3 Å². The Morgan fingerprint density at radius 1 is 1.14 bits per heavy atom. The Bertz CT molecular complexity index is 709. The van der Waals surface area contributed by atoms with E-state index in [4.69, 9.17) is 4.74 Å². The third-order valence-electron chi connectivity index (χ3n) is 6.78. The van der Waals surface area contributed by atoms with Gasteiger partial charge in [-0.3, -0.25) is 9.59 Å². The first-order chi connectivity index (χ1) is 13.6. The zero-order valence-electron chi connectivity index (χ0n) is 16.3. The highest BCUT2D eigenvalue weighted by molar-refractivity contribution is 5.84. The van der Waals surface area contributed by atoms with Crippen molar-refractivity contribution in [1.82, 2.24) is 10.2 Å². The molecule has 2 aliphatic heterocycles. The number of carbonyl (C=O) groups is 2. The number of nitrogens with zero attached hydrogens (tertiary/aromatic N) is 1. The van der Waals surface area contributed by atoms with Crippen LogP contribution in [0.25, 0.3) is 0 Å². The summed E-state index contributed by atoms with van der Waals surface area (Å²) in [5.41, 5.74) is 0.616. The molecule has 0 radical (unpaired) electrons. The number of hydrogen-bond donors (Lipinski definition) is 1. The molecule has 1 spiro atoms. The van der Waals surface area contributed by atoms with E-state index in [0.717, 1.165) is 31.2 Å². The Morgan fingerprint density at radius 3 is 2.50 bits per heavy atom. The van der Waals surface area contributed by atoms with Gasteiger partial charge in [-0.1, -0.05) is 25.0 Å². The average Bonchev–Trinajstić information content (AvgIpc) is 3.32. The first-order valence-corrected chi connectivity index (χ1v) is 10.5. The number of amides is 2. The third-order valence-corrected chi connectivity index (χ3v) is 6.78. The highest BCUT2D eigenvalue weighted by Gasteiger charge is 2.51. The maximum Gasteiger partial charge on any atom is 0.227 e. The lowest BCUT2D eigenvalue weighted by Gasteiger charge is -2.37. The zero-order valence-corrected chi connectivity index (χ0v) is 16.3. The zero-order chi connectivity index (χ0) is 19.6. The highest BCUT2D eigenvalue weighted by Crippen LogP contribution is 2.44. The second-order valence-corrected chi connectivity index (χ2v) is 8.59. The summed E-state index contributed by atoms with van der Waals surface area (Å²) in [5.74, 6) is -0.365. The molecule has 1 N–H and O–H groups in total. The Kier molecular flexibility index (Phi) is 5.67. The van der Waals surface area contributed by atoms with Crippen LogP contribution in [0.1, 0.15) is 44.1 Å². The molecular weight excluding hydrogens is 359 g/mol. The van der Waals surface area contributed by atoms with Gasteiger partial charge < -0.3 is 15.0 Å². The van der Waals surface area contributed by atoms with Gasteiger partial charge in [0.15, 0.2) is 0 Å². The molecule has 3 fully saturated rings. The van der Waals surface area contributed by atoms with Crippen molar-refractivity contribution < 1.29 is 18.7 Å². The number of rotatable bonds is 4. The van der Waals surface area contributed by atoms with Crippen molar-refractivity contribution in [3.63, 3.8) is 0 Å². The second-order valence-electron chi connectivity index (χ2n) is 8.59. The molecule has 5 nitrogen and oxygen atoms in total. The first-order valence-electron chi connectivity index (χ1n) is 10.5. The Labute approximate surface area is 165 Å². The molecule has 2 saturated heterocycles. The summed E-state index contributed by atoms with van der Waals surface area (Å²) in [6.45, 7) is 2.37. The van der Waals surface area contributed by atoms with Crippen molar-refractivity contribution in [3.8, 4) is 0 Å². The molecule has 1 aromatic carbocycles. The highest BCUT2D eigenvalue weighted by atomic mass is 19.1. The van der Waals surface area contributed by atoms with Crippen molar-refractivity contribution in [2.45, 2.75) is 51.0 Å². The average molecular weight is 388 g/mol. The predicted octanol–water partition coefficient (Wildman–Crippen LogP) is 2.68. The van der Waals surface area contributed by atoms with Crippen LogP contribution in [0.2, 0.25) is 0 Å². The standard InChI is InChI=1S/C22H29FN2O3/c23-17-7-5-16(6-8-17)13-20(26)25-14-19(21(27)24-18-3-1-2-4-18)22(15-25)9-11-28-12-10-22/h5-8,18-19H,1-4,9-15H2,(H,24,27). The van der Waals surface area contributed by atoms with Gasteiger partial charge in [0.05, 0.1) is 12.3 Å². The molecule has 0 bridgehead atoms. The van der Waals surface area contributed by atoms with Crippen LogP contribution in [0.3, 0.4) is 0 Å². The predicted molar refractivity (Wildman–Crippen MR) is 103 cm³/mol. The Hall–Kier alpha value is -1.95. The molecule has 1 atom stereocenters. The normalized spacial score (nSPS) is 24.6. The minimum absolute atomic E-state index is 0.00800. The number of hydrogen-bond acceptors (Lipinski definition) is 3. The summed E-state index contributed by atoms with van der Waals surface area (Å²) in [5, 5.41) is 3.25. The monoisotopic (exact) mass is 388 g/mol. The Morgan fingerprint density at radius 2 is 1.82 bits per heavy atom. The second kappa shape index (κ2) is 8.19. The van der Waals surface area contributed by atoms with E-state index in [9.17, 15) is 14.0 Å². The minimum atomic E-state index is -0.304. The number of carbonyl (C=O) groups excluding carboxylic acids is 2. The van der Waals surface area contributed by atoms with E-state index in [1.54, 1.807) is 12.1 Å². The van der Waals surface area contributed by atoms with Crippen molar-refractivity contribution in [2.24, 2.45) is 11.3 Å². The molecule has 1 aromatic rings. The maximum absolute atomic E-state index is 13.1. The van der Waals surface area contributed by atoms with Crippen LogP contribution < -0.4 is 5.32 Å². The fraction of sp³-hybridized carbons (Fsp3) is 0.636. The van der Waals surface area contributed by atoms with Crippen LogP contribution in [0.5, 0.6) is 0 Å². The van der Waals surface area contributed by atoms with Crippen molar-refractivity contribution >= 4 is 11.8 Å². The van der Waals surface area contributed by atoms with Gasteiger partial charge >= 0.3 is 0 Å². The molecule has 28 heavy (non-hydrogen) atoms. The van der Waals surface area contributed by atoms with E-state index in [2.05, 4.69) is 5.32 Å². The van der Waals surface area contributed by atoms with Crippen molar-refractivity contribution in [3.05, 3.63) is 35.6 Å². The fourth-order valence-electron chi connectivity index (χ4n) is 5.06. The Balaban J connectivity index is 1.46. The van der Waals surface area contributed by atoms with Crippen LogP contribution in [0.15, 0.2) is 24.3 Å². The van der Waals surface area contributed by atoms with Gasteiger partial charge in [0.2, 0.25) is 11.8 Å². The van der Waals surface area contributed by atoms with Gasteiger partial charge in [-0.2, -0.15) is 0 Å². The molecular formula is C22H29FN2O3. The van der Waals surface area contributed by atoms with Crippen LogP contribution in [0.4, 0.5) is 4.39 Å². The van der Waals surface area contributed by atoms with Gasteiger partial charge in [-0.15, -0.1) is 0 Å². The number of likely N-dealkylation sites (tertiary alicyclic amines) is 1. The molecule has 1 saturated carbocycles. The summed E-state index contributed by atoms with van der Waals surface area (Å²) in [6, 6.07) is 6.35. The topological polar surface area (TPSA) is 58.6 Å². The first kappa shape index (κ1) is 19.4. The van der Waals surface area contributed by atoms with Crippen LogP contribution >= 0.6 is 0 Å². The number of halogens is 1. The summed E-state index contributed by atoms with van der Waals surface area (Å²) in [4.78, 5) is 27.9. The number of benzene rings is 1. The summed E-state index contributed by atoms with van der Waals surface area (Å²) in [6.07, 6.45) is 6.34. The van der Waals surface area contributed by atoms with Gasteiger partial charge in [0.1, 0.15) is 5.82 Å². The molecule has 6 heteroatoms. The van der Waals surface area contributed by atoms with Gasteiger partial charge in [0, 0.05) is 37.8 Å². The smallest absolute Gasteiger partial charge is 0.227 e. The molecule has 2 heterocycles. The summed E-state index contributed by atoms with van der Waals surface area (Å²) in [7, 11) is 0. The maximum atomic E-state index is 13.1. The SMILES string of the molecule is O=C(NC1CCCC1)C1CN(C(=O)Cc2ccc(F)cc2)CC12CCOCC2. The molecule has 3 aliphatic rings. The molecule has 1 unspecified atom stereocenters. The van der Waals surface area contributed by atoms with E-state index in [-0.39, 0.29) is 41.4 Å². The van der Waals surface area contributed by atoms with Gasteiger partial charge in [-0.25, -0.2) is 4.39 Å². The van der Waals surface area contributed by atoms with Gasteiger partial charge in [-0.05, 0) is 43.4 Å². The van der Waals surface area contributed by atoms with E-state index < -0.39 is 0 Å². The van der Waals surface area contributed by atoms with Crippen molar-refractivity contribution in [1.29, 1.82) is 0 Å². The fourth-order valence-corrected chi connectivity index (χ4v) is 5.06. The van der Waals surface area contributed by atoms with E-state index in [1.165, 1.54) is 25.0 Å². The van der Waals surface area contributed by atoms with E-state index in [1.807, 2.05) is 4.90 Å². The lowest BCUT2D eigenvalue weighted by molar-refractivity contribution is -0.130. The lowest BCUT2D eigenvalue weighted by atomic mass is 9.71. The molecule has 0 aromatic heterocycles. The molecule has 2 amide bonds. The van der Waals surface area contributed by atoms with Gasteiger partial charge in [0.25, 0.3) is 0 Å². The minimum Gasteiger partial charge on any atom is -0.381 e. The largest absolute Gasteiger partial charge is 0.381 e. The lowest BCUT2D eigenvalue weighted by Crippen LogP contribution is -2.46. The molecule has 4 rings (SSSR count). The summed E-state index contributed by atoms with van der Waals surface area (Å²) >= 11 is 0. The van der Waals surface area contributed by atoms with Crippen molar-refractivity contribution in [2.75, 3.05) is 26.3 Å². The van der Waals surface area contributed by atoms with Crippen LogP contribution in [-0.2, 0) is 20.7 Å². The third kappa shape index (κ3) is 4.07.